The second-order valence-electron chi connectivity index (χ2n) is 4.65. The molecule has 0 heterocycles. The van der Waals surface area contributed by atoms with Crippen LogP contribution in [0.1, 0.15) is 18.9 Å². The molecule has 0 aliphatic carbocycles. The van der Waals surface area contributed by atoms with Gasteiger partial charge in [0.25, 0.3) is 0 Å². The van der Waals surface area contributed by atoms with Crippen molar-refractivity contribution in [3.05, 3.63) is 29.8 Å². The summed E-state index contributed by atoms with van der Waals surface area (Å²) < 4.78 is 41.4. The Morgan fingerprint density at radius 3 is 2.41 bits per heavy atom. The van der Waals surface area contributed by atoms with Crippen LogP contribution in [-0.4, -0.2) is 38.9 Å². The van der Waals surface area contributed by atoms with Crippen molar-refractivity contribution >= 4 is 5.96 Å². The van der Waals surface area contributed by atoms with E-state index in [1.54, 1.807) is 7.11 Å². The number of guanidine groups is 1. The number of hydrogen-bond acceptors (Lipinski definition) is 2. The molecule has 0 spiro atoms. The van der Waals surface area contributed by atoms with E-state index in [2.05, 4.69) is 15.6 Å². The highest BCUT2D eigenvalue weighted by Crippen LogP contribution is 2.18. The number of benzene rings is 1. The third kappa shape index (κ3) is 7.75. The zero-order valence-corrected chi connectivity index (χ0v) is 12.8. The molecule has 0 saturated carbocycles. The fraction of sp³-hybridized carbons (Fsp3) is 0.533. The number of rotatable bonds is 7. The van der Waals surface area contributed by atoms with Crippen LogP contribution in [0.15, 0.2) is 29.3 Å². The molecule has 7 heteroatoms. The highest BCUT2D eigenvalue weighted by Gasteiger charge is 2.26. The molecule has 0 saturated heterocycles. The van der Waals surface area contributed by atoms with Gasteiger partial charge in [0.1, 0.15) is 5.75 Å². The zero-order valence-electron chi connectivity index (χ0n) is 12.8. The van der Waals surface area contributed by atoms with Crippen molar-refractivity contribution < 1.29 is 17.9 Å². The van der Waals surface area contributed by atoms with Crippen LogP contribution in [-0.2, 0) is 6.42 Å². The lowest BCUT2D eigenvalue weighted by Gasteiger charge is -2.12. The van der Waals surface area contributed by atoms with Crippen LogP contribution in [0.25, 0.3) is 0 Å². The van der Waals surface area contributed by atoms with Gasteiger partial charge in [-0.2, -0.15) is 13.2 Å². The average Bonchev–Trinajstić information content (AvgIpc) is 2.46. The second-order valence-corrected chi connectivity index (χ2v) is 4.65. The molecule has 0 fully saturated rings. The molecule has 124 valence electrons. The number of nitrogens with one attached hydrogen (secondary N) is 2. The number of aliphatic imine (C=N–C) groups is 1. The maximum absolute atomic E-state index is 12.1. The lowest BCUT2D eigenvalue weighted by molar-refractivity contribution is -0.132. The van der Waals surface area contributed by atoms with Crippen LogP contribution < -0.4 is 15.4 Å². The summed E-state index contributed by atoms with van der Waals surface area (Å²) in [7, 11) is 1.61. The molecule has 0 aromatic heterocycles. The SMILES string of the molecule is CCNC(=NCCC(F)(F)F)NCCc1ccc(OC)cc1. The Hall–Kier alpha value is -1.92. The van der Waals surface area contributed by atoms with Gasteiger partial charge >= 0.3 is 6.18 Å². The Bertz CT molecular complexity index is 458. The Morgan fingerprint density at radius 2 is 1.86 bits per heavy atom. The first-order valence-electron chi connectivity index (χ1n) is 7.16. The van der Waals surface area contributed by atoms with E-state index in [9.17, 15) is 13.2 Å². The minimum atomic E-state index is -4.18. The molecule has 0 bridgehead atoms. The van der Waals surface area contributed by atoms with Gasteiger partial charge in [-0.05, 0) is 31.0 Å². The van der Waals surface area contributed by atoms with Crippen molar-refractivity contribution in [2.24, 2.45) is 4.99 Å². The molecule has 0 atom stereocenters. The molecule has 1 rings (SSSR count). The van der Waals surface area contributed by atoms with Gasteiger partial charge in [-0.25, -0.2) is 0 Å². The smallest absolute Gasteiger partial charge is 0.390 e. The van der Waals surface area contributed by atoms with Crippen molar-refractivity contribution in [1.29, 1.82) is 0 Å². The van der Waals surface area contributed by atoms with E-state index >= 15 is 0 Å². The van der Waals surface area contributed by atoms with E-state index in [0.29, 0.717) is 19.0 Å². The molecule has 1 aromatic carbocycles. The third-order valence-electron chi connectivity index (χ3n) is 2.87. The fourth-order valence-electron chi connectivity index (χ4n) is 1.75. The molecule has 4 nitrogen and oxygen atoms in total. The molecule has 0 amide bonds. The first-order chi connectivity index (χ1) is 10.4. The summed E-state index contributed by atoms with van der Waals surface area (Å²) in [4.78, 5) is 3.91. The molecule has 0 radical (unpaired) electrons. The van der Waals surface area contributed by atoms with Crippen LogP contribution in [0.2, 0.25) is 0 Å². The summed E-state index contributed by atoms with van der Waals surface area (Å²) in [6.07, 6.45) is -4.35. The Morgan fingerprint density at radius 1 is 1.18 bits per heavy atom. The lowest BCUT2D eigenvalue weighted by atomic mass is 10.1. The van der Waals surface area contributed by atoms with Gasteiger partial charge in [0, 0.05) is 13.1 Å². The van der Waals surface area contributed by atoms with Gasteiger partial charge in [0.05, 0.1) is 20.1 Å². The highest BCUT2D eigenvalue weighted by atomic mass is 19.4. The number of hydrogen-bond donors (Lipinski definition) is 2. The number of nitrogens with zero attached hydrogens (tertiary/aromatic N) is 1. The first-order valence-corrected chi connectivity index (χ1v) is 7.16. The van der Waals surface area contributed by atoms with Crippen molar-refractivity contribution in [2.75, 3.05) is 26.7 Å². The van der Waals surface area contributed by atoms with E-state index in [-0.39, 0.29) is 6.54 Å². The highest BCUT2D eigenvalue weighted by molar-refractivity contribution is 5.79. The molecule has 22 heavy (non-hydrogen) atoms. The third-order valence-corrected chi connectivity index (χ3v) is 2.87. The Labute approximate surface area is 128 Å². The zero-order chi connectivity index (χ0) is 16.4. The van der Waals surface area contributed by atoms with E-state index < -0.39 is 12.6 Å². The van der Waals surface area contributed by atoms with Gasteiger partial charge in [-0.15, -0.1) is 0 Å². The number of ether oxygens (including phenoxy) is 1. The predicted octanol–water partition coefficient (Wildman–Crippen LogP) is 2.75. The van der Waals surface area contributed by atoms with Crippen molar-refractivity contribution in [3.8, 4) is 5.75 Å². The van der Waals surface area contributed by atoms with Gasteiger partial charge in [-0.1, -0.05) is 12.1 Å². The Kier molecular flexibility index (Phi) is 7.56. The van der Waals surface area contributed by atoms with Gasteiger partial charge in [0.15, 0.2) is 5.96 Å². The van der Waals surface area contributed by atoms with Crippen LogP contribution in [0.5, 0.6) is 5.75 Å². The summed E-state index contributed by atoms with van der Waals surface area (Å²) in [5.41, 5.74) is 1.11. The standard InChI is InChI=1S/C15H22F3N3O/c1-3-19-14(21-11-9-15(16,17)18)20-10-8-12-4-6-13(22-2)7-5-12/h4-7H,3,8-11H2,1-2H3,(H2,19,20,21). The largest absolute Gasteiger partial charge is 0.497 e. The van der Waals surface area contributed by atoms with Crippen LogP contribution >= 0.6 is 0 Å². The van der Waals surface area contributed by atoms with Gasteiger partial charge in [-0.3, -0.25) is 4.99 Å². The monoisotopic (exact) mass is 317 g/mol. The molecular formula is C15H22F3N3O. The molecule has 0 unspecified atom stereocenters. The van der Waals surface area contributed by atoms with E-state index in [1.807, 2.05) is 31.2 Å². The normalized spacial score (nSPS) is 12.1. The quantitative estimate of drug-likeness (QED) is 0.600. The van der Waals surface area contributed by atoms with Gasteiger partial charge < -0.3 is 15.4 Å². The van der Waals surface area contributed by atoms with Crippen molar-refractivity contribution in [1.82, 2.24) is 10.6 Å². The summed E-state index contributed by atoms with van der Waals surface area (Å²) in [5.74, 6) is 1.19. The summed E-state index contributed by atoms with van der Waals surface area (Å²) in [5, 5.41) is 5.95. The molecule has 1 aromatic rings. The predicted molar refractivity (Wildman–Crippen MR) is 81.4 cm³/mol. The van der Waals surface area contributed by atoms with E-state index in [0.717, 1.165) is 17.7 Å². The second kappa shape index (κ2) is 9.17. The van der Waals surface area contributed by atoms with Crippen LogP contribution in [0.3, 0.4) is 0 Å². The van der Waals surface area contributed by atoms with Crippen LogP contribution in [0.4, 0.5) is 13.2 Å². The number of halogens is 3. The van der Waals surface area contributed by atoms with Crippen molar-refractivity contribution in [3.63, 3.8) is 0 Å². The summed E-state index contributed by atoms with van der Waals surface area (Å²) in [6.45, 7) is 2.77. The molecule has 0 aliphatic heterocycles. The summed E-state index contributed by atoms with van der Waals surface area (Å²) >= 11 is 0. The Balaban J connectivity index is 2.41. The molecule has 2 N–H and O–H groups in total. The van der Waals surface area contributed by atoms with E-state index in [1.165, 1.54) is 0 Å². The maximum atomic E-state index is 12.1. The molecule has 0 aliphatic rings. The van der Waals surface area contributed by atoms with Crippen LogP contribution in [0, 0.1) is 0 Å². The van der Waals surface area contributed by atoms with Gasteiger partial charge in [0.2, 0.25) is 0 Å². The number of methoxy groups -OCH3 is 1. The average molecular weight is 317 g/mol. The minimum absolute atomic E-state index is 0.276. The number of alkyl halides is 3. The first kappa shape index (κ1) is 18.1. The summed E-state index contributed by atoms with van der Waals surface area (Å²) in [6, 6.07) is 7.65. The topological polar surface area (TPSA) is 45.7 Å². The molecular weight excluding hydrogens is 295 g/mol. The fourth-order valence-corrected chi connectivity index (χ4v) is 1.75. The maximum Gasteiger partial charge on any atom is 0.390 e. The van der Waals surface area contributed by atoms with Crippen molar-refractivity contribution in [2.45, 2.75) is 25.9 Å². The van der Waals surface area contributed by atoms with E-state index in [4.69, 9.17) is 4.74 Å². The lowest BCUT2D eigenvalue weighted by Crippen LogP contribution is -2.38. The minimum Gasteiger partial charge on any atom is -0.497 e.